The fourth-order valence-corrected chi connectivity index (χ4v) is 2.39. The molecule has 1 heterocycles. The maximum Gasteiger partial charge on any atom is 0.133 e. The Morgan fingerprint density at radius 1 is 1.05 bits per heavy atom. The maximum absolute atomic E-state index is 13.8. The molecule has 2 N–H and O–H groups in total. The van der Waals surface area contributed by atoms with Crippen molar-refractivity contribution >= 4 is 0 Å². The molecule has 1 aliphatic heterocycles. The van der Waals surface area contributed by atoms with Gasteiger partial charge in [0.1, 0.15) is 29.2 Å². The summed E-state index contributed by atoms with van der Waals surface area (Å²) in [6.07, 6.45) is -1.43. The Labute approximate surface area is 114 Å². The Bertz CT molecular complexity index is 658. The fourth-order valence-electron chi connectivity index (χ4n) is 2.39. The lowest BCUT2D eigenvalue weighted by Crippen LogP contribution is -2.20. The van der Waals surface area contributed by atoms with Crippen LogP contribution >= 0.6 is 0 Å². The first-order valence-electron chi connectivity index (χ1n) is 6.17. The molecule has 0 spiro atoms. The highest BCUT2D eigenvalue weighted by Gasteiger charge is 2.30. The Balaban J connectivity index is 1.97. The lowest BCUT2D eigenvalue weighted by atomic mass is 9.94. The third-order valence-electron chi connectivity index (χ3n) is 3.37. The molecule has 20 heavy (non-hydrogen) atoms. The van der Waals surface area contributed by atoms with Crippen LogP contribution in [0.3, 0.4) is 0 Å². The highest BCUT2D eigenvalue weighted by atomic mass is 19.1. The number of aliphatic hydroxyl groups is 1. The van der Waals surface area contributed by atoms with E-state index >= 15 is 0 Å². The standard InChI is InChI=1S/C15H12F2O3/c16-8-1-3-10(12(17)5-8)15-7-13(19)11-6-9(18)2-4-14(11)20-15/h1-6,13,15,18-19H,7H2. The molecule has 0 amide bonds. The van der Waals surface area contributed by atoms with E-state index in [9.17, 15) is 19.0 Å². The zero-order valence-electron chi connectivity index (χ0n) is 10.4. The SMILES string of the molecule is Oc1ccc2c(c1)C(O)CC(c1ccc(F)cc1F)O2. The molecule has 2 unspecified atom stereocenters. The van der Waals surface area contributed by atoms with E-state index in [4.69, 9.17) is 4.74 Å². The number of phenols is 1. The number of halogens is 2. The molecule has 2 atom stereocenters. The van der Waals surface area contributed by atoms with E-state index in [0.29, 0.717) is 11.3 Å². The third kappa shape index (κ3) is 2.20. The van der Waals surface area contributed by atoms with Gasteiger partial charge in [0.2, 0.25) is 0 Å². The molecule has 0 bridgehead atoms. The largest absolute Gasteiger partial charge is 0.508 e. The summed E-state index contributed by atoms with van der Waals surface area (Å²) in [7, 11) is 0. The molecule has 3 rings (SSSR count). The molecule has 0 saturated heterocycles. The van der Waals surface area contributed by atoms with E-state index in [1.54, 1.807) is 0 Å². The van der Waals surface area contributed by atoms with Crippen LogP contribution in [0, 0.1) is 11.6 Å². The minimum Gasteiger partial charge on any atom is -0.508 e. The van der Waals surface area contributed by atoms with Crippen molar-refractivity contribution in [3.63, 3.8) is 0 Å². The lowest BCUT2D eigenvalue weighted by molar-refractivity contribution is 0.0637. The van der Waals surface area contributed by atoms with Crippen LogP contribution in [0.5, 0.6) is 11.5 Å². The first kappa shape index (κ1) is 12.9. The van der Waals surface area contributed by atoms with E-state index < -0.39 is 23.8 Å². The van der Waals surface area contributed by atoms with Crippen molar-refractivity contribution in [1.29, 1.82) is 0 Å². The number of fused-ring (bicyclic) bond motifs is 1. The summed E-state index contributed by atoms with van der Waals surface area (Å²) in [6.45, 7) is 0. The average Bonchev–Trinajstić information content (AvgIpc) is 2.39. The van der Waals surface area contributed by atoms with E-state index in [1.165, 1.54) is 24.3 Å². The number of phenolic OH excluding ortho intramolecular Hbond substituents is 1. The predicted molar refractivity (Wildman–Crippen MR) is 67.4 cm³/mol. The van der Waals surface area contributed by atoms with Crippen LogP contribution in [0.25, 0.3) is 0 Å². The number of rotatable bonds is 1. The van der Waals surface area contributed by atoms with Gasteiger partial charge in [0.15, 0.2) is 0 Å². The van der Waals surface area contributed by atoms with Crippen LogP contribution in [0.4, 0.5) is 8.78 Å². The minimum atomic E-state index is -0.875. The number of benzene rings is 2. The van der Waals surface area contributed by atoms with E-state index in [-0.39, 0.29) is 17.7 Å². The number of aromatic hydroxyl groups is 1. The van der Waals surface area contributed by atoms with Crippen LogP contribution in [0.2, 0.25) is 0 Å². The highest BCUT2D eigenvalue weighted by molar-refractivity contribution is 5.43. The number of hydrogen-bond donors (Lipinski definition) is 2. The Kier molecular flexibility index (Phi) is 3.06. The van der Waals surface area contributed by atoms with Gasteiger partial charge < -0.3 is 14.9 Å². The quantitative estimate of drug-likeness (QED) is 0.842. The monoisotopic (exact) mass is 278 g/mol. The molecular formula is C15H12F2O3. The first-order valence-corrected chi connectivity index (χ1v) is 6.17. The summed E-state index contributed by atoms with van der Waals surface area (Å²) in [4.78, 5) is 0. The molecule has 2 aromatic rings. The molecule has 3 nitrogen and oxygen atoms in total. The van der Waals surface area contributed by atoms with Gasteiger partial charge in [0.05, 0.1) is 6.10 Å². The summed E-state index contributed by atoms with van der Waals surface area (Å²) < 4.78 is 32.3. The number of aliphatic hydroxyl groups excluding tert-OH is 1. The summed E-state index contributed by atoms with van der Waals surface area (Å²) in [5, 5.41) is 19.5. The van der Waals surface area contributed by atoms with Crippen molar-refractivity contribution in [3.8, 4) is 11.5 Å². The van der Waals surface area contributed by atoms with E-state index in [0.717, 1.165) is 12.1 Å². The lowest BCUT2D eigenvalue weighted by Gasteiger charge is -2.30. The van der Waals surface area contributed by atoms with Crippen molar-refractivity contribution in [2.45, 2.75) is 18.6 Å². The van der Waals surface area contributed by atoms with Crippen molar-refractivity contribution in [1.82, 2.24) is 0 Å². The van der Waals surface area contributed by atoms with Gasteiger partial charge in [0, 0.05) is 23.6 Å². The fraction of sp³-hybridized carbons (Fsp3) is 0.200. The van der Waals surface area contributed by atoms with E-state index in [1.807, 2.05) is 0 Å². The van der Waals surface area contributed by atoms with E-state index in [2.05, 4.69) is 0 Å². The molecule has 5 heteroatoms. The summed E-state index contributed by atoms with van der Waals surface area (Å²) in [5.74, 6) is -0.953. The zero-order chi connectivity index (χ0) is 14.3. The molecule has 104 valence electrons. The Hall–Kier alpha value is -2.14. The molecule has 0 radical (unpaired) electrons. The van der Waals surface area contributed by atoms with Gasteiger partial charge in [-0.15, -0.1) is 0 Å². The third-order valence-corrected chi connectivity index (χ3v) is 3.37. The number of ether oxygens (including phenoxy) is 1. The van der Waals surface area contributed by atoms with Crippen LogP contribution in [-0.4, -0.2) is 10.2 Å². The smallest absolute Gasteiger partial charge is 0.133 e. The molecule has 0 aromatic heterocycles. The predicted octanol–water partition coefficient (Wildman–Crippen LogP) is 3.23. The average molecular weight is 278 g/mol. The molecular weight excluding hydrogens is 266 g/mol. The molecule has 0 fully saturated rings. The highest BCUT2D eigenvalue weighted by Crippen LogP contribution is 2.42. The van der Waals surface area contributed by atoms with Crippen LogP contribution in [0.15, 0.2) is 36.4 Å². The van der Waals surface area contributed by atoms with Crippen molar-refractivity contribution < 1.29 is 23.7 Å². The Morgan fingerprint density at radius 3 is 2.60 bits per heavy atom. The van der Waals surface area contributed by atoms with Gasteiger partial charge in [-0.05, 0) is 30.3 Å². The van der Waals surface area contributed by atoms with Gasteiger partial charge in [0.25, 0.3) is 0 Å². The van der Waals surface area contributed by atoms with Gasteiger partial charge in [-0.3, -0.25) is 0 Å². The van der Waals surface area contributed by atoms with Gasteiger partial charge in [-0.25, -0.2) is 8.78 Å². The van der Waals surface area contributed by atoms with Crippen LogP contribution in [-0.2, 0) is 0 Å². The second kappa shape index (κ2) is 4.76. The first-order chi connectivity index (χ1) is 9.54. The summed E-state index contributed by atoms with van der Waals surface area (Å²) >= 11 is 0. The number of hydrogen-bond acceptors (Lipinski definition) is 3. The van der Waals surface area contributed by atoms with Crippen molar-refractivity contribution in [2.24, 2.45) is 0 Å². The zero-order valence-corrected chi connectivity index (χ0v) is 10.4. The van der Waals surface area contributed by atoms with Crippen molar-refractivity contribution in [3.05, 3.63) is 59.2 Å². The summed E-state index contributed by atoms with van der Waals surface area (Å²) in [5.41, 5.74) is 0.660. The summed E-state index contributed by atoms with van der Waals surface area (Å²) in [6, 6.07) is 7.61. The normalized spacial score (nSPS) is 21.1. The second-order valence-corrected chi connectivity index (χ2v) is 4.75. The van der Waals surface area contributed by atoms with Crippen LogP contribution < -0.4 is 4.74 Å². The molecule has 0 saturated carbocycles. The van der Waals surface area contributed by atoms with Crippen LogP contribution in [0.1, 0.15) is 29.8 Å². The Morgan fingerprint density at radius 2 is 1.85 bits per heavy atom. The van der Waals surface area contributed by atoms with Crippen molar-refractivity contribution in [2.75, 3.05) is 0 Å². The second-order valence-electron chi connectivity index (χ2n) is 4.75. The van der Waals surface area contributed by atoms with Gasteiger partial charge in [-0.2, -0.15) is 0 Å². The molecule has 2 aromatic carbocycles. The topological polar surface area (TPSA) is 49.7 Å². The minimum absolute atomic E-state index is 0.0258. The van der Waals surface area contributed by atoms with Gasteiger partial charge >= 0.3 is 0 Å². The maximum atomic E-state index is 13.8. The molecule has 0 aliphatic carbocycles. The molecule has 1 aliphatic rings. The van der Waals surface area contributed by atoms with Gasteiger partial charge in [-0.1, -0.05) is 0 Å².